The summed E-state index contributed by atoms with van der Waals surface area (Å²) in [6.45, 7) is 7.03. The van der Waals surface area contributed by atoms with Gasteiger partial charge < -0.3 is 5.32 Å². The van der Waals surface area contributed by atoms with Crippen LogP contribution in [0.2, 0.25) is 0 Å². The minimum absolute atomic E-state index is 0.801. The lowest BCUT2D eigenvalue weighted by molar-refractivity contribution is 0.185. The molecule has 3 unspecified atom stereocenters. The lowest BCUT2D eigenvalue weighted by atomic mass is 9.73. The van der Waals surface area contributed by atoms with Crippen molar-refractivity contribution in [3.8, 4) is 0 Å². The Morgan fingerprint density at radius 2 is 2.07 bits per heavy atom. The maximum Gasteiger partial charge on any atom is -0.00150 e. The van der Waals surface area contributed by atoms with E-state index in [1.54, 1.807) is 0 Å². The third kappa shape index (κ3) is 1.71. The van der Waals surface area contributed by atoms with Gasteiger partial charge >= 0.3 is 0 Å². The highest BCUT2D eigenvalue weighted by Crippen LogP contribution is 2.64. The second-order valence-corrected chi connectivity index (χ2v) is 5.29. The topological polar surface area (TPSA) is 12.0 Å². The molecule has 0 bridgehead atoms. The molecule has 0 aliphatic heterocycles. The first-order chi connectivity index (χ1) is 6.83. The van der Waals surface area contributed by atoms with Gasteiger partial charge in [-0.05, 0) is 49.6 Å². The van der Waals surface area contributed by atoms with Crippen LogP contribution in [0.3, 0.4) is 0 Å². The van der Waals surface area contributed by atoms with Crippen molar-refractivity contribution < 1.29 is 0 Å². The van der Waals surface area contributed by atoms with E-state index in [9.17, 15) is 0 Å². The normalized spacial score (nSPS) is 41.6. The maximum absolute atomic E-state index is 3.53. The molecule has 0 amide bonds. The van der Waals surface area contributed by atoms with Crippen LogP contribution in [0, 0.1) is 17.3 Å². The Bertz CT molecular complexity index is 190. The van der Waals surface area contributed by atoms with E-state index in [2.05, 4.69) is 19.2 Å². The molecule has 0 radical (unpaired) electrons. The van der Waals surface area contributed by atoms with E-state index in [1.807, 2.05) is 0 Å². The van der Waals surface area contributed by atoms with E-state index in [0.29, 0.717) is 0 Å². The third-order valence-corrected chi connectivity index (χ3v) is 4.67. The molecule has 0 aromatic carbocycles. The number of nitrogens with one attached hydrogen (secondary N) is 1. The van der Waals surface area contributed by atoms with Crippen molar-refractivity contribution in [2.24, 2.45) is 17.3 Å². The summed E-state index contributed by atoms with van der Waals surface area (Å²) >= 11 is 0. The van der Waals surface area contributed by atoms with Gasteiger partial charge in [0.05, 0.1) is 0 Å². The molecule has 1 spiro atoms. The van der Waals surface area contributed by atoms with Gasteiger partial charge in [-0.1, -0.05) is 33.1 Å². The van der Waals surface area contributed by atoms with Crippen LogP contribution in [0.25, 0.3) is 0 Å². The number of rotatable bonds is 4. The van der Waals surface area contributed by atoms with Gasteiger partial charge in [-0.3, -0.25) is 0 Å². The molecule has 2 fully saturated rings. The fourth-order valence-electron chi connectivity index (χ4n) is 3.75. The summed E-state index contributed by atoms with van der Waals surface area (Å²) in [7, 11) is 0. The zero-order valence-electron chi connectivity index (χ0n) is 9.81. The molecule has 2 aliphatic carbocycles. The largest absolute Gasteiger partial charge is 0.317 e. The minimum atomic E-state index is 0.801. The van der Waals surface area contributed by atoms with Crippen LogP contribution in [-0.2, 0) is 0 Å². The van der Waals surface area contributed by atoms with Gasteiger partial charge in [0.25, 0.3) is 0 Å². The lowest BCUT2D eigenvalue weighted by Gasteiger charge is -2.32. The summed E-state index contributed by atoms with van der Waals surface area (Å²) in [6.07, 6.45) is 8.98. The van der Waals surface area contributed by atoms with Gasteiger partial charge in [-0.15, -0.1) is 0 Å². The Morgan fingerprint density at radius 1 is 1.21 bits per heavy atom. The Morgan fingerprint density at radius 3 is 2.79 bits per heavy atom. The van der Waals surface area contributed by atoms with Gasteiger partial charge in [0.1, 0.15) is 0 Å². The Hall–Kier alpha value is -0.0400. The monoisotopic (exact) mass is 195 g/mol. The zero-order chi connectivity index (χ0) is 10.0. The molecular formula is C13H25N. The zero-order valence-corrected chi connectivity index (χ0v) is 9.81. The predicted molar refractivity (Wildman–Crippen MR) is 61.3 cm³/mol. The first kappa shape index (κ1) is 10.5. The van der Waals surface area contributed by atoms with E-state index in [1.165, 1.54) is 45.1 Å². The Kier molecular flexibility index (Phi) is 3.16. The van der Waals surface area contributed by atoms with Crippen molar-refractivity contribution in [2.45, 2.75) is 52.4 Å². The summed E-state index contributed by atoms with van der Waals surface area (Å²) in [5, 5.41) is 3.53. The van der Waals surface area contributed by atoms with Crippen LogP contribution in [0.5, 0.6) is 0 Å². The fraction of sp³-hybridized carbons (Fsp3) is 1.00. The summed E-state index contributed by atoms with van der Waals surface area (Å²) in [5.74, 6) is 2.08. The molecule has 0 aromatic heterocycles. The van der Waals surface area contributed by atoms with Crippen molar-refractivity contribution in [1.82, 2.24) is 5.32 Å². The fourth-order valence-corrected chi connectivity index (χ4v) is 3.75. The maximum atomic E-state index is 3.53. The van der Waals surface area contributed by atoms with E-state index in [0.717, 1.165) is 23.8 Å². The van der Waals surface area contributed by atoms with E-state index >= 15 is 0 Å². The SMILES string of the molecule is CCNCC1CC12CCCCC2CC. The van der Waals surface area contributed by atoms with Crippen LogP contribution in [0.4, 0.5) is 0 Å². The summed E-state index contributed by atoms with van der Waals surface area (Å²) in [6, 6.07) is 0. The molecule has 2 aliphatic rings. The average Bonchev–Trinajstić information content (AvgIpc) is 2.90. The molecule has 2 rings (SSSR count). The first-order valence-corrected chi connectivity index (χ1v) is 6.54. The second-order valence-electron chi connectivity index (χ2n) is 5.29. The van der Waals surface area contributed by atoms with Crippen LogP contribution in [0.15, 0.2) is 0 Å². The highest BCUT2D eigenvalue weighted by molar-refractivity contribution is 5.07. The summed E-state index contributed by atoms with van der Waals surface area (Å²) < 4.78 is 0. The molecule has 3 atom stereocenters. The van der Waals surface area contributed by atoms with Crippen LogP contribution < -0.4 is 5.32 Å². The minimum Gasteiger partial charge on any atom is -0.317 e. The summed E-state index contributed by atoms with van der Waals surface area (Å²) in [4.78, 5) is 0. The van der Waals surface area contributed by atoms with Gasteiger partial charge in [0, 0.05) is 0 Å². The third-order valence-electron chi connectivity index (χ3n) is 4.67. The number of hydrogen-bond acceptors (Lipinski definition) is 1. The smallest absolute Gasteiger partial charge is 0.00150 e. The Labute approximate surface area is 88.7 Å². The second kappa shape index (κ2) is 4.22. The molecule has 1 heteroatoms. The lowest BCUT2D eigenvalue weighted by Crippen LogP contribution is -2.26. The average molecular weight is 195 g/mol. The quantitative estimate of drug-likeness (QED) is 0.726. The molecule has 1 nitrogen and oxygen atoms in total. The van der Waals surface area contributed by atoms with Gasteiger partial charge in [0.15, 0.2) is 0 Å². The summed E-state index contributed by atoms with van der Waals surface area (Å²) in [5.41, 5.74) is 0.801. The van der Waals surface area contributed by atoms with Crippen molar-refractivity contribution >= 4 is 0 Å². The Balaban J connectivity index is 1.88. The van der Waals surface area contributed by atoms with E-state index in [-0.39, 0.29) is 0 Å². The molecule has 0 saturated heterocycles. The van der Waals surface area contributed by atoms with Crippen molar-refractivity contribution in [1.29, 1.82) is 0 Å². The van der Waals surface area contributed by atoms with Crippen LogP contribution in [-0.4, -0.2) is 13.1 Å². The van der Waals surface area contributed by atoms with Crippen LogP contribution in [0.1, 0.15) is 52.4 Å². The molecule has 14 heavy (non-hydrogen) atoms. The number of hydrogen-bond donors (Lipinski definition) is 1. The van der Waals surface area contributed by atoms with Gasteiger partial charge in [-0.2, -0.15) is 0 Å². The highest BCUT2D eigenvalue weighted by Gasteiger charge is 2.57. The standard InChI is InChI=1S/C13H25N/c1-3-11-7-5-6-8-13(11)9-12(13)10-14-4-2/h11-12,14H,3-10H2,1-2H3. The van der Waals surface area contributed by atoms with Crippen molar-refractivity contribution in [3.05, 3.63) is 0 Å². The molecule has 1 N–H and O–H groups in total. The van der Waals surface area contributed by atoms with Crippen molar-refractivity contribution in [3.63, 3.8) is 0 Å². The molecular weight excluding hydrogens is 170 g/mol. The highest BCUT2D eigenvalue weighted by atomic mass is 14.9. The molecule has 0 aromatic rings. The van der Waals surface area contributed by atoms with E-state index < -0.39 is 0 Å². The molecule has 0 heterocycles. The predicted octanol–water partition coefficient (Wildman–Crippen LogP) is 3.20. The first-order valence-electron chi connectivity index (χ1n) is 6.54. The van der Waals surface area contributed by atoms with Gasteiger partial charge in [-0.25, -0.2) is 0 Å². The van der Waals surface area contributed by atoms with Crippen LogP contribution >= 0.6 is 0 Å². The van der Waals surface area contributed by atoms with Gasteiger partial charge in [0.2, 0.25) is 0 Å². The molecule has 2 saturated carbocycles. The van der Waals surface area contributed by atoms with E-state index in [4.69, 9.17) is 0 Å². The van der Waals surface area contributed by atoms with Crippen molar-refractivity contribution in [2.75, 3.05) is 13.1 Å². The molecule has 82 valence electrons.